The maximum atomic E-state index is 6.24. The Morgan fingerprint density at radius 2 is 1.38 bits per heavy atom. The lowest BCUT2D eigenvalue weighted by atomic mass is 10.1. The van der Waals surface area contributed by atoms with E-state index < -0.39 is 16.6 Å². The van der Waals surface area contributed by atoms with Crippen LogP contribution < -0.4 is 0 Å². The monoisotopic (exact) mass is 277 g/mol. The summed E-state index contributed by atoms with van der Waals surface area (Å²) in [6.07, 6.45) is 0.213. The van der Waals surface area contributed by atoms with Crippen LogP contribution in [0.4, 0.5) is 0 Å². The van der Waals surface area contributed by atoms with E-state index in [1.54, 1.807) is 0 Å². The van der Waals surface area contributed by atoms with E-state index in [1.165, 1.54) is 5.73 Å². The summed E-state index contributed by atoms with van der Waals surface area (Å²) in [5.41, 5.74) is 1.21. The molecule has 0 rings (SSSR count). The molecule has 97 valence electrons. The van der Waals surface area contributed by atoms with E-state index in [1.807, 2.05) is 0 Å². The van der Waals surface area contributed by atoms with E-state index in [0.717, 1.165) is 10.2 Å². The molecule has 0 spiro atoms. The quantitative estimate of drug-likeness (QED) is 0.695. The molecule has 0 aliphatic heterocycles. The van der Waals surface area contributed by atoms with Gasteiger partial charge in [-0.05, 0) is 45.2 Å². The van der Waals surface area contributed by atoms with E-state index >= 15 is 0 Å². The van der Waals surface area contributed by atoms with Crippen molar-refractivity contribution in [1.29, 1.82) is 0 Å². The maximum absolute atomic E-state index is 6.24. The lowest BCUT2D eigenvalue weighted by Gasteiger charge is -2.36. The molecule has 0 bridgehead atoms. The van der Waals surface area contributed by atoms with Crippen LogP contribution in [0.2, 0.25) is 39.3 Å². The van der Waals surface area contributed by atoms with Crippen molar-refractivity contribution in [3.05, 3.63) is 5.73 Å². The normalized spacial score (nSPS) is 16.1. The first-order valence-electron chi connectivity index (χ1n) is 6.12. The van der Waals surface area contributed by atoms with Crippen LogP contribution in [0.1, 0.15) is 13.8 Å². The molecule has 0 aliphatic carbocycles. The van der Waals surface area contributed by atoms with Gasteiger partial charge in [-0.2, -0.15) is 0 Å². The average molecular weight is 278 g/mol. The summed E-state index contributed by atoms with van der Waals surface area (Å²) in [6.45, 7) is 17.9. The number of hydrogen-bond acceptors (Lipinski definition) is 2. The lowest BCUT2D eigenvalue weighted by molar-refractivity contribution is 0.112. The first-order chi connectivity index (χ1) is 6.92. The molecule has 0 saturated heterocycles. The van der Waals surface area contributed by atoms with Gasteiger partial charge in [0, 0.05) is 10.2 Å². The third kappa shape index (κ3) is 7.78. The number of hydrogen-bond donors (Lipinski definition) is 0. The molecule has 0 aromatic carbocycles. The van der Waals surface area contributed by atoms with Gasteiger partial charge in [0.05, 0.1) is 11.8 Å². The Bertz CT molecular complexity index is 206. The largest absolute Gasteiger partial charge is 0.412 e. The lowest BCUT2D eigenvalue weighted by Crippen LogP contribution is -2.42. The fourth-order valence-electron chi connectivity index (χ4n) is 1.61. The van der Waals surface area contributed by atoms with Crippen molar-refractivity contribution in [3.63, 3.8) is 0 Å². The molecule has 16 heavy (non-hydrogen) atoms. The second-order valence-corrected chi connectivity index (χ2v) is 16.6. The summed E-state index contributed by atoms with van der Waals surface area (Å²) in [7, 11) is -1.98. The molecule has 0 N–H and O–H groups in total. The van der Waals surface area contributed by atoms with Crippen molar-refractivity contribution < 1.29 is 8.85 Å². The summed E-state index contributed by atoms with van der Waals surface area (Å²) < 4.78 is 12.4. The van der Waals surface area contributed by atoms with Gasteiger partial charge in [0.15, 0.2) is 16.6 Å². The van der Waals surface area contributed by atoms with Crippen LogP contribution in [-0.2, 0) is 8.85 Å². The van der Waals surface area contributed by atoms with E-state index in [-0.39, 0.29) is 6.10 Å². The first kappa shape index (κ1) is 16.6. The van der Waals surface area contributed by atoms with Gasteiger partial charge in [-0.1, -0.05) is 13.8 Å². The highest BCUT2D eigenvalue weighted by atomic mass is 28.4. The van der Waals surface area contributed by atoms with Crippen LogP contribution in [0, 0.1) is 11.6 Å². The zero-order chi connectivity index (χ0) is 13.1. The highest BCUT2D eigenvalue weighted by Crippen LogP contribution is 2.24. The predicted molar refractivity (Wildman–Crippen MR) is 80.7 cm³/mol. The Morgan fingerprint density at radius 1 is 0.938 bits per heavy atom. The minimum atomic E-state index is -1.48. The fraction of sp³-hybridized carbons (Fsp3) is 0.909. The van der Waals surface area contributed by atoms with E-state index in [2.05, 4.69) is 53.1 Å². The smallest absolute Gasteiger partial charge is 0.184 e. The molecule has 1 unspecified atom stereocenters. The Balaban J connectivity index is 4.54. The minimum absolute atomic E-state index is 0.213. The summed E-state index contributed by atoms with van der Waals surface area (Å²) in [5.74, 6) is 0.510. The van der Waals surface area contributed by atoms with Gasteiger partial charge in [-0.25, -0.2) is 0 Å². The highest BCUT2D eigenvalue weighted by Gasteiger charge is 2.31. The van der Waals surface area contributed by atoms with Crippen LogP contribution in [0.25, 0.3) is 0 Å². The van der Waals surface area contributed by atoms with Crippen molar-refractivity contribution in [2.75, 3.05) is 0 Å². The van der Waals surface area contributed by atoms with Gasteiger partial charge in [-0.15, -0.1) is 0 Å². The minimum Gasteiger partial charge on any atom is -0.412 e. The van der Waals surface area contributed by atoms with Gasteiger partial charge >= 0.3 is 0 Å². The molecule has 5 heteroatoms. The van der Waals surface area contributed by atoms with Gasteiger partial charge in [-0.3, -0.25) is 0 Å². The molecule has 0 fully saturated rings. The van der Waals surface area contributed by atoms with Crippen LogP contribution >= 0.6 is 0 Å². The standard InChI is InChI=1S/C11H29O2Si3/c1-9(2)10(12-15(3,4)5)11(14)13-16(6,7)8/h9-10H,1-8,14H3. The van der Waals surface area contributed by atoms with E-state index in [0.29, 0.717) is 5.92 Å². The van der Waals surface area contributed by atoms with Crippen molar-refractivity contribution >= 4 is 26.9 Å². The maximum Gasteiger partial charge on any atom is 0.184 e. The molecular weight excluding hydrogens is 248 g/mol. The van der Waals surface area contributed by atoms with Crippen LogP contribution in [0.5, 0.6) is 0 Å². The van der Waals surface area contributed by atoms with E-state index in [4.69, 9.17) is 8.85 Å². The van der Waals surface area contributed by atoms with Crippen LogP contribution in [0.15, 0.2) is 0 Å². The SMILES string of the molecule is CC(C)C(O[Si](C)(C)C)[C]([SiH3])O[Si](C)(C)C. The number of rotatable bonds is 6. The van der Waals surface area contributed by atoms with E-state index in [9.17, 15) is 0 Å². The van der Waals surface area contributed by atoms with Gasteiger partial charge in [0.2, 0.25) is 0 Å². The summed E-state index contributed by atoms with van der Waals surface area (Å²) in [5, 5.41) is 0. The topological polar surface area (TPSA) is 18.5 Å². The van der Waals surface area contributed by atoms with Crippen molar-refractivity contribution in [2.24, 2.45) is 5.92 Å². The van der Waals surface area contributed by atoms with Crippen molar-refractivity contribution in [3.8, 4) is 0 Å². The molecule has 1 atom stereocenters. The molecule has 0 aliphatic rings. The molecule has 0 saturated carbocycles. The molecule has 1 radical (unpaired) electrons. The van der Waals surface area contributed by atoms with Crippen molar-refractivity contribution in [2.45, 2.75) is 59.2 Å². The average Bonchev–Trinajstić information content (AvgIpc) is 1.94. The van der Waals surface area contributed by atoms with Gasteiger partial charge in [0.1, 0.15) is 0 Å². The molecule has 0 aromatic heterocycles. The summed E-state index contributed by atoms with van der Waals surface area (Å²) >= 11 is 0. The zero-order valence-electron chi connectivity index (χ0n) is 12.5. The fourth-order valence-corrected chi connectivity index (χ4v) is 6.75. The molecular formula is C11H29O2Si3. The zero-order valence-corrected chi connectivity index (χ0v) is 16.5. The Kier molecular flexibility index (Phi) is 6.16. The van der Waals surface area contributed by atoms with Crippen LogP contribution in [0.3, 0.4) is 0 Å². The summed E-state index contributed by atoms with van der Waals surface area (Å²) in [6, 6.07) is 0. The van der Waals surface area contributed by atoms with Crippen molar-refractivity contribution in [1.82, 2.24) is 0 Å². The Morgan fingerprint density at radius 3 is 1.62 bits per heavy atom. The molecule has 0 heterocycles. The second kappa shape index (κ2) is 5.95. The Labute approximate surface area is 107 Å². The molecule has 0 amide bonds. The van der Waals surface area contributed by atoms with Gasteiger partial charge < -0.3 is 8.85 Å². The highest BCUT2D eigenvalue weighted by molar-refractivity contribution is 6.70. The predicted octanol–water partition coefficient (Wildman–Crippen LogP) is 2.57. The second-order valence-electron chi connectivity index (χ2n) is 6.72. The van der Waals surface area contributed by atoms with Gasteiger partial charge in [0.25, 0.3) is 0 Å². The molecule has 2 nitrogen and oxygen atoms in total. The van der Waals surface area contributed by atoms with Crippen LogP contribution in [-0.4, -0.2) is 33.0 Å². The third-order valence-electron chi connectivity index (χ3n) is 1.95. The Hall–Kier alpha value is 0.571. The molecule has 0 aromatic rings. The first-order valence-corrected chi connectivity index (χ1v) is 13.9. The summed E-state index contributed by atoms with van der Waals surface area (Å²) in [4.78, 5) is 0. The third-order valence-corrected chi connectivity index (χ3v) is 5.03.